The number of aromatic nitrogens is 1. The minimum absolute atomic E-state index is 0.144. The molecule has 0 saturated heterocycles. The third kappa shape index (κ3) is 4.47. The average molecular weight is 269 g/mol. The van der Waals surface area contributed by atoms with Crippen molar-refractivity contribution in [2.75, 3.05) is 24.1 Å². The van der Waals surface area contributed by atoms with Crippen molar-refractivity contribution in [2.24, 2.45) is 0 Å². The number of alkyl carbamates (subject to hydrolysis) is 1. The quantitative estimate of drug-likeness (QED) is 0.691. The van der Waals surface area contributed by atoms with Crippen LogP contribution >= 0.6 is 11.3 Å². The standard InChI is InChI=1S/C10H15N5O2S/c1-6(2)17-10(16)14-4-3-13-9-15-8(12)7(5-11)18-9/h6H,3-4,12H2,1-2H3,(H,13,15)(H,14,16). The summed E-state index contributed by atoms with van der Waals surface area (Å²) in [5, 5.41) is 14.8. The number of thiazole rings is 1. The molecule has 0 spiro atoms. The average Bonchev–Trinajstić information content (AvgIpc) is 2.64. The molecule has 0 aliphatic carbocycles. The Bertz CT molecular complexity index is 452. The highest BCUT2D eigenvalue weighted by Gasteiger charge is 2.07. The van der Waals surface area contributed by atoms with Crippen LogP contribution in [0.2, 0.25) is 0 Å². The summed E-state index contributed by atoms with van der Waals surface area (Å²) in [6.07, 6.45) is -0.599. The molecule has 8 heteroatoms. The number of anilines is 2. The highest BCUT2D eigenvalue weighted by atomic mass is 32.1. The molecule has 1 aromatic rings. The maximum atomic E-state index is 11.1. The van der Waals surface area contributed by atoms with E-state index in [1.54, 1.807) is 13.8 Å². The molecule has 4 N–H and O–H groups in total. The fourth-order valence-corrected chi connectivity index (χ4v) is 1.78. The number of nitrogens with zero attached hydrogens (tertiary/aromatic N) is 2. The smallest absolute Gasteiger partial charge is 0.407 e. The number of amides is 1. The third-order valence-electron chi connectivity index (χ3n) is 1.77. The lowest BCUT2D eigenvalue weighted by Gasteiger charge is -2.09. The zero-order valence-electron chi connectivity index (χ0n) is 10.2. The predicted molar refractivity (Wildman–Crippen MR) is 69.4 cm³/mol. The van der Waals surface area contributed by atoms with Gasteiger partial charge in [-0.2, -0.15) is 5.26 Å². The molecule has 0 unspecified atom stereocenters. The number of nitriles is 1. The van der Waals surface area contributed by atoms with Gasteiger partial charge in [-0.15, -0.1) is 0 Å². The van der Waals surface area contributed by atoms with Crippen LogP contribution in [0.15, 0.2) is 0 Å². The number of nitrogens with one attached hydrogen (secondary N) is 2. The van der Waals surface area contributed by atoms with Crippen molar-refractivity contribution in [1.82, 2.24) is 10.3 Å². The Morgan fingerprint density at radius 1 is 1.61 bits per heavy atom. The lowest BCUT2D eigenvalue weighted by molar-refractivity contribution is 0.116. The fraction of sp³-hybridized carbons (Fsp3) is 0.500. The van der Waals surface area contributed by atoms with E-state index in [-0.39, 0.29) is 11.9 Å². The van der Waals surface area contributed by atoms with Crippen LogP contribution < -0.4 is 16.4 Å². The molecule has 0 radical (unpaired) electrons. The van der Waals surface area contributed by atoms with Crippen molar-refractivity contribution in [1.29, 1.82) is 5.26 Å². The Morgan fingerprint density at radius 2 is 2.33 bits per heavy atom. The Hall–Kier alpha value is -2.01. The molecule has 0 saturated carbocycles. The number of nitrogens with two attached hydrogens (primary N) is 1. The molecule has 0 fully saturated rings. The van der Waals surface area contributed by atoms with Gasteiger partial charge in [-0.1, -0.05) is 11.3 Å². The summed E-state index contributed by atoms with van der Waals surface area (Å²) in [7, 11) is 0. The third-order valence-corrected chi connectivity index (χ3v) is 2.70. The summed E-state index contributed by atoms with van der Waals surface area (Å²) in [5.41, 5.74) is 5.51. The molecule has 1 amide bonds. The topological polar surface area (TPSA) is 113 Å². The van der Waals surface area contributed by atoms with E-state index in [2.05, 4.69) is 15.6 Å². The van der Waals surface area contributed by atoms with Crippen LogP contribution in [0.25, 0.3) is 0 Å². The normalized spacial score (nSPS) is 9.89. The fourth-order valence-electron chi connectivity index (χ4n) is 1.08. The molecule has 0 aliphatic heterocycles. The van der Waals surface area contributed by atoms with Crippen LogP contribution in [-0.4, -0.2) is 30.3 Å². The first-order chi connectivity index (χ1) is 8.52. The van der Waals surface area contributed by atoms with Gasteiger partial charge >= 0.3 is 6.09 Å². The molecule has 0 aliphatic rings. The van der Waals surface area contributed by atoms with Crippen LogP contribution in [0.5, 0.6) is 0 Å². The van der Waals surface area contributed by atoms with Crippen molar-refractivity contribution in [2.45, 2.75) is 20.0 Å². The molecule has 7 nitrogen and oxygen atoms in total. The molecule has 1 heterocycles. The molecule has 0 bridgehead atoms. The lowest BCUT2D eigenvalue weighted by Crippen LogP contribution is -2.30. The van der Waals surface area contributed by atoms with Crippen LogP contribution in [0.3, 0.4) is 0 Å². The molecule has 0 aromatic carbocycles. The van der Waals surface area contributed by atoms with E-state index in [1.165, 1.54) is 11.3 Å². The van der Waals surface area contributed by atoms with E-state index < -0.39 is 6.09 Å². The summed E-state index contributed by atoms with van der Waals surface area (Å²) >= 11 is 1.18. The minimum atomic E-state index is -0.455. The van der Waals surface area contributed by atoms with Crippen LogP contribution in [0, 0.1) is 11.3 Å². The molecule has 1 rings (SSSR count). The van der Waals surface area contributed by atoms with Crippen molar-refractivity contribution in [3.05, 3.63) is 4.88 Å². The van der Waals surface area contributed by atoms with E-state index in [0.717, 1.165) is 0 Å². The molecular formula is C10H15N5O2S. The molecule has 18 heavy (non-hydrogen) atoms. The summed E-state index contributed by atoms with van der Waals surface area (Å²) < 4.78 is 4.89. The van der Waals surface area contributed by atoms with Crippen molar-refractivity contribution < 1.29 is 9.53 Å². The minimum Gasteiger partial charge on any atom is -0.447 e. The summed E-state index contributed by atoms with van der Waals surface area (Å²) in [6, 6.07) is 1.95. The lowest BCUT2D eigenvalue weighted by atomic mass is 10.5. The molecular weight excluding hydrogens is 254 g/mol. The van der Waals surface area contributed by atoms with Gasteiger partial charge in [0.1, 0.15) is 10.9 Å². The van der Waals surface area contributed by atoms with Gasteiger partial charge in [0, 0.05) is 13.1 Å². The van der Waals surface area contributed by atoms with Crippen LogP contribution in [0.4, 0.5) is 15.7 Å². The Morgan fingerprint density at radius 3 is 2.89 bits per heavy atom. The van der Waals surface area contributed by atoms with Crippen molar-refractivity contribution >= 4 is 28.4 Å². The van der Waals surface area contributed by atoms with Crippen molar-refractivity contribution in [3.63, 3.8) is 0 Å². The SMILES string of the molecule is CC(C)OC(=O)NCCNc1nc(N)c(C#N)s1. The van der Waals surface area contributed by atoms with Gasteiger partial charge < -0.3 is 21.1 Å². The zero-order chi connectivity index (χ0) is 13.5. The van der Waals surface area contributed by atoms with Gasteiger partial charge in [-0.25, -0.2) is 9.78 Å². The number of nitrogen functional groups attached to an aromatic ring is 1. The van der Waals surface area contributed by atoms with E-state index in [0.29, 0.717) is 23.1 Å². The first-order valence-electron chi connectivity index (χ1n) is 5.37. The highest BCUT2D eigenvalue weighted by Crippen LogP contribution is 2.23. The number of ether oxygens (including phenoxy) is 1. The Balaban J connectivity index is 2.26. The van der Waals surface area contributed by atoms with Crippen LogP contribution in [0.1, 0.15) is 18.7 Å². The number of carbonyl (C=O) groups is 1. The monoisotopic (exact) mass is 269 g/mol. The van der Waals surface area contributed by atoms with E-state index in [4.69, 9.17) is 15.7 Å². The van der Waals surface area contributed by atoms with Crippen molar-refractivity contribution in [3.8, 4) is 6.07 Å². The van der Waals surface area contributed by atoms with Gasteiger partial charge in [-0.3, -0.25) is 0 Å². The number of hydrogen-bond donors (Lipinski definition) is 3. The number of rotatable bonds is 5. The van der Waals surface area contributed by atoms with Gasteiger partial charge in [0.05, 0.1) is 6.10 Å². The molecule has 0 atom stereocenters. The first kappa shape index (κ1) is 14.1. The Kier molecular flexibility index (Phi) is 5.20. The van der Waals surface area contributed by atoms with Gasteiger partial charge in [0.15, 0.2) is 10.9 Å². The van der Waals surface area contributed by atoms with E-state index in [1.807, 2.05) is 6.07 Å². The summed E-state index contributed by atoms with van der Waals surface area (Å²) in [6.45, 7) is 4.43. The van der Waals surface area contributed by atoms with Gasteiger partial charge in [-0.05, 0) is 13.8 Å². The van der Waals surface area contributed by atoms with Gasteiger partial charge in [0.25, 0.3) is 0 Å². The first-order valence-corrected chi connectivity index (χ1v) is 6.19. The second-order valence-corrected chi connectivity index (χ2v) is 4.65. The Labute approximate surface area is 109 Å². The molecule has 1 aromatic heterocycles. The maximum absolute atomic E-state index is 11.1. The number of carbonyl (C=O) groups excluding carboxylic acids is 1. The summed E-state index contributed by atoms with van der Waals surface area (Å²) in [5.74, 6) is 0.220. The largest absolute Gasteiger partial charge is 0.447 e. The maximum Gasteiger partial charge on any atom is 0.407 e. The van der Waals surface area contributed by atoms with Crippen LogP contribution in [-0.2, 0) is 4.74 Å². The zero-order valence-corrected chi connectivity index (χ0v) is 11.0. The van der Waals surface area contributed by atoms with E-state index in [9.17, 15) is 4.79 Å². The number of hydrogen-bond acceptors (Lipinski definition) is 7. The second kappa shape index (κ2) is 6.66. The predicted octanol–water partition coefficient (Wildman–Crippen LogP) is 1.14. The van der Waals surface area contributed by atoms with Gasteiger partial charge in [0.2, 0.25) is 0 Å². The summed E-state index contributed by atoms with van der Waals surface area (Å²) in [4.78, 5) is 15.5. The highest BCUT2D eigenvalue weighted by molar-refractivity contribution is 7.16. The van der Waals surface area contributed by atoms with E-state index >= 15 is 0 Å². The molecule has 98 valence electrons. The second-order valence-electron chi connectivity index (χ2n) is 3.65.